The first-order valence-corrected chi connectivity index (χ1v) is 7.26. The molecule has 0 aliphatic carbocycles. The van der Waals surface area contributed by atoms with E-state index < -0.39 is 11.9 Å². The molecule has 2 aromatic rings. The van der Waals surface area contributed by atoms with Gasteiger partial charge in [0.25, 0.3) is 0 Å². The van der Waals surface area contributed by atoms with Crippen LogP contribution in [0.5, 0.6) is 0 Å². The van der Waals surface area contributed by atoms with E-state index in [4.69, 9.17) is 17.3 Å². The third-order valence-corrected chi connectivity index (χ3v) is 4.13. The van der Waals surface area contributed by atoms with Crippen LogP contribution in [0.4, 0.5) is 0 Å². The zero-order valence-corrected chi connectivity index (χ0v) is 13.0. The Morgan fingerprint density at radius 2 is 1.95 bits per heavy atom. The Balaban J connectivity index is 2.15. The average molecular weight is 354 g/mol. The van der Waals surface area contributed by atoms with Gasteiger partial charge in [-0.2, -0.15) is 0 Å². The molecule has 0 saturated carbocycles. The molecule has 0 radical (unpaired) electrons. The smallest absolute Gasteiger partial charge is 0.239 e. The summed E-state index contributed by atoms with van der Waals surface area (Å²) < 4.78 is 0.740. The second-order valence-corrected chi connectivity index (χ2v) is 5.64. The maximum absolute atomic E-state index is 11.6. The second kappa shape index (κ2) is 6.88. The van der Waals surface area contributed by atoms with Crippen molar-refractivity contribution >= 4 is 33.4 Å². The van der Waals surface area contributed by atoms with Crippen LogP contribution < -0.4 is 11.1 Å². The van der Waals surface area contributed by atoms with E-state index in [1.165, 1.54) is 0 Å². The maximum Gasteiger partial charge on any atom is 0.239 e. The average Bonchev–Trinajstić information content (AvgIpc) is 2.43. The lowest BCUT2D eigenvalue weighted by atomic mass is 10.1. The van der Waals surface area contributed by atoms with E-state index in [1.807, 2.05) is 30.3 Å². The van der Waals surface area contributed by atoms with E-state index in [9.17, 15) is 4.79 Å². The number of benzene rings is 2. The second-order valence-electron chi connectivity index (χ2n) is 4.38. The number of nitrogens with one attached hydrogen (secondary N) is 1. The summed E-state index contributed by atoms with van der Waals surface area (Å²) in [4.78, 5) is 11.6. The molecule has 0 aliphatic heterocycles. The van der Waals surface area contributed by atoms with Gasteiger partial charge in [-0.1, -0.05) is 48.0 Å². The van der Waals surface area contributed by atoms with Gasteiger partial charge in [0.2, 0.25) is 5.91 Å². The molecule has 0 spiro atoms. The Bertz CT molecular complexity index is 604. The number of primary amides is 1. The van der Waals surface area contributed by atoms with E-state index in [0.29, 0.717) is 11.6 Å². The predicted octanol–water partition coefficient (Wildman–Crippen LogP) is 3.42. The molecule has 20 heavy (non-hydrogen) atoms. The van der Waals surface area contributed by atoms with Crippen molar-refractivity contribution in [3.05, 3.63) is 69.2 Å². The van der Waals surface area contributed by atoms with Crippen molar-refractivity contribution in [1.29, 1.82) is 0 Å². The molecule has 1 unspecified atom stereocenters. The first-order chi connectivity index (χ1) is 9.58. The molecule has 1 amide bonds. The summed E-state index contributed by atoms with van der Waals surface area (Å²) in [5.41, 5.74) is 7.34. The Hall–Kier alpha value is -1.36. The van der Waals surface area contributed by atoms with Crippen LogP contribution in [0.2, 0.25) is 5.02 Å². The number of nitrogens with two attached hydrogens (primary N) is 1. The van der Waals surface area contributed by atoms with E-state index in [-0.39, 0.29) is 0 Å². The van der Waals surface area contributed by atoms with Crippen LogP contribution in [-0.2, 0) is 11.3 Å². The van der Waals surface area contributed by atoms with Crippen molar-refractivity contribution in [1.82, 2.24) is 5.32 Å². The highest BCUT2D eigenvalue weighted by Gasteiger charge is 2.17. The monoisotopic (exact) mass is 352 g/mol. The molecule has 0 bridgehead atoms. The van der Waals surface area contributed by atoms with Gasteiger partial charge in [0.1, 0.15) is 6.04 Å². The summed E-state index contributed by atoms with van der Waals surface area (Å²) in [6, 6.07) is 14.6. The Labute approximate surface area is 131 Å². The molecule has 0 aromatic heterocycles. The molecule has 0 heterocycles. The molecule has 3 nitrogen and oxygen atoms in total. The SMILES string of the molecule is NC(=O)C(NCc1ccccc1)c1ccc(Cl)c(Br)c1. The number of hydrogen-bond donors (Lipinski definition) is 2. The van der Waals surface area contributed by atoms with Crippen LogP contribution in [0, 0.1) is 0 Å². The molecule has 104 valence electrons. The Morgan fingerprint density at radius 3 is 2.55 bits per heavy atom. The summed E-state index contributed by atoms with van der Waals surface area (Å²) in [5, 5.41) is 3.76. The number of halogens is 2. The lowest BCUT2D eigenvalue weighted by Crippen LogP contribution is -2.33. The van der Waals surface area contributed by atoms with Crippen molar-refractivity contribution < 1.29 is 4.79 Å². The summed E-state index contributed by atoms with van der Waals surface area (Å²) in [6.07, 6.45) is 0. The van der Waals surface area contributed by atoms with E-state index in [1.54, 1.807) is 18.2 Å². The summed E-state index contributed by atoms with van der Waals surface area (Å²) in [5.74, 6) is -0.421. The van der Waals surface area contributed by atoms with Crippen molar-refractivity contribution in [2.24, 2.45) is 5.73 Å². The number of amides is 1. The third kappa shape index (κ3) is 3.82. The van der Waals surface area contributed by atoms with Crippen LogP contribution in [0.1, 0.15) is 17.2 Å². The highest BCUT2D eigenvalue weighted by atomic mass is 79.9. The fourth-order valence-corrected chi connectivity index (χ4v) is 2.40. The van der Waals surface area contributed by atoms with E-state index in [2.05, 4.69) is 21.2 Å². The minimum atomic E-state index is -0.552. The van der Waals surface area contributed by atoms with Crippen molar-refractivity contribution in [2.45, 2.75) is 12.6 Å². The number of rotatable bonds is 5. The molecular formula is C15H14BrClN2O. The van der Waals surface area contributed by atoms with Gasteiger partial charge in [0.05, 0.1) is 5.02 Å². The van der Waals surface area contributed by atoms with Gasteiger partial charge < -0.3 is 5.73 Å². The van der Waals surface area contributed by atoms with Crippen LogP contribution in [-0.4, -0.2) is 5.91 Å². The largest absolute Gasteiger partial charge is 0.368 e. The van der Waals surface area contributed by atoms with Crippen LogP contribution in [0.15, 0.2) is 53.0 Å². The summed E-state index contributed by atoms with van der Waals surface area (Å²) in [7, 11) is 0. The summed E-state index contributed by atoms with van der Waals surface area (Å²) in [6.45, 7) is 0.564. The molecule has 0 fully saturated rings. The van der Waals surface area contributed by atoms with Gasteiger partial charge in [0, 0.05) is 11.0 Å². The van der Waals surface area contributed by atoms with Gasteiger partial charge in [-0.25, -0.2) is 0 Å². The number of carbonyl (C=O) groups excluding carboxylic acids is 1. The quantitative estimate of drug-likeness (QED) is 0.865. The molecule has 5 heteroatoms. The fourth-order valence-electron chi connectivity index (χ4n) is 1.89. The normalized spacial score (nSPS) is 12.1. The molecular weight excluding hydrogens is 340 g/mol. The van der Waals surface area contributed by atoms with Crippen molar-refractivity contribution in [3.8, 4) is 0 Å². The van der Waals surface area contributed by atoms with E-state index >= 15 is 0 Å². The minimum Gasteiger partial charge on any atom is -0.368 e. The zero-order chi connectivity index (χ0) is 14.5. The minimum absolute atomic E-state index is 0.421. The Morgan fingerprint density at radius 1 is 1.25 bits per heavy atom. The molecule has 0 saturated heterocycles. The highest BCUT2D eigenvalue weighted by molar-refractivity contribution is 9.10. The van der Waals surface area contributed by atoms with E-state index in [0.717, 1.165) is 15.6 Å². The topological polar surface area (TPSA) is 55.1 Å². The van der Waals surface area contributed by atoms with Crippen LogP contribution >= 0.6 is 27.5 Å². The summed E-state index contributed by atoms with van der Waals surface area (Å²) >= 11 is 9.30. The maximum atomic E-state index is 11.6. The highest BCUT2D eigenvalue weighted by Crippen LogP contribution is 2.26. The lowest BCUT2D eigenvalue weighted by Gasteiger charge is -2.16. The van der Waals surface area contributed by atoms with Gasteiger partial charge >= 0.3 is 0 Å². The molecule has 1 atom stereocenters. The lowest BCUT2D eigenvalue weighted by molar-refractivity contribution is -0.120. The van der Waals surface area contributed by atoms with Crippen LogP contribution in [0.25, 0.3) is 0 Å². The third-order valence-electron chi connectivity index (χ3n) is 2.91. The number of carbonyl (C=O) groups is 1. The predicted molar refractivity (Wildman–Crippen MR) is 84.4 cm³/mol. The molecule has 0 aliphatic rings. The van der Waals surface area contributed by atoms with Gasteiger partial charge in [-0.15, -0.1) is 0 Å². The van der Waals surface area contributed by atoms with Crippen LogP contribution in [0.3, 0.4) is 0 Å². The van der Waals surface area contributed by atoms with Gasteiger partial charge in [-0.3, -0.25) is 10.1 Å². The van der Waals surface area contributed by atoms with Gasteiger partial charge in [-0.05, 0) is 39.2 Å². The zero-order valence-electron chi connectivity index (χ0n) is 10.6. The molecule has 3 N–H and O–H groups in total. The molecule has 2 aromatic carbocycles. The Kier molecular flexibility index (Phi) is 5.17. The van der Waals surface area contributed by atoms with Crippen molar-refractivity contribution in [3.63, 3.8) is 0 Å². The standard InChI is InChI=1S/C15H14BrClN2O/c16-12-8-11(6-7-13(12)17)14(15(18)20)19-9-10-4-2-1-3-5-10/h1-8,14,19H,9H2,(H2,18,20). The molecule has 2 rings (SSSR count). The van der Waals surface area contributed by atoms with Gasteiger partial charge in [0.15, 0.2) is 0 Å². The fraction of sp³-hybridized carbons (Fsp3) is 0.133. The van der Waals surface area contributed by atoms with Crippen molar-refractivity contribution in [2.75, 3.05) is 0 Å². The number of hydrogen-bond acceptors (Lipinski definition) is 2. The first kappa shape index (κ1) is 15.0. The first-order valence-electron chi connectivity index (χ1n) is 6.09.